The summed E-state index contributed by atoms with van der Waals surface area (Å²) in [6, 6.07) is 0.552. The average Bonchev–Trinajstić information content (AvgIpc) is 2.46. The van der Waals surface area contributed by atoms with Crippen molar-refractivity contribution in [2.24, 2.45) is 0 Å². The molecule has 0 atom stereocenters. The zero-order valence-corrected chi connectivity index (χ0v) is 16.1. The van der Waals surface area contributed by atoms with Crippen molar-refractivity contribution >= 4 is 24.1 Å². The van der Waals surface area contributed by atoms with Crippen LogP contribution in [0, 0.1) is 0 Å². The van der Waals surface area contributed by atoms with Crippen molar-refractivity contribution in [3.63, 3.8) is 0 Å². The van der Waals surface area contributed by atoms with Gasteiger partial charge in [-0.3, -0.25) is 9.59 Å². The minimum absolute atomic E-state index is 0.179. The molecule has 7 heteroatoms. The predicted molar refractivity (Wildman–Crippen MR) is 93.8 cm³/mol. The summed E-state index contributed by atoms with van der Waals surface area (Å²) in [6.07, 6.45) is 0.728. The van der Waals surface area contributed by atoms with E-state index in [1.54, 1.807) is 12.1 Å². The van der Waals surface area contributed by atoms with Gasteiger partial charge in [0.2, 0.25) is 0 Å². The normalized spacial score (nSPS) is 11.6. The van der Waals surface area contributed by atoms with Gasteiger partial charge in [-0.15, -0.1) is 0 Å². The number of ether oxygens (including phenoxy) is 2. The molecule has 23 heavy (non-hydrogen) atoms. The molecule has 0 N–H and O–H groups in total. The minimum Gasteiger partial charge on any atom is -0.466 e. The molecule has 0 aliphatic rings. The van der Waals surface area contributed by atoms with E-state index in [4.69, 9.17) is 9.47 Å². The van der Waals surface area contributed by atoms with E-state index < -0.39 is 0 Å². The second kappa shape index (κ2) is 12.6. The Morgan fingerprint density at radius 3 is 1.43 bits per heavy atom. The summed E-state index contributed by atoms with van der Waals surface area (Å²) in [4.78, 5) is 23.1. The van der Waals surface area contributed by atoms with Gasteiger partial charge in [0.1, 0.15) is 0 Å². The van der Waals surface area contributed by atoms with E-state index in [1.807, 2.05) is 13.8 Å². The van der Waals surface area contributed by atoms with Crippen molar-refractivity contribution in [1.82, 2.24) is 8.61 Å². The van der Waals surface area contributed by atoms with E-state index in [-0.39, 0.29) is 24.0 Å². The monoisotopic (exact) mass is 348 g/mol. The van der Waals surface area contributed by atoms with Gasteiger partial charge in [0.05, 0.1) is 26.1 Å². The number of hydrogen-bond acceptors (Lipinski definition) is 7. The Hall–Kier alpha value is -0.790. The van der Waals surface area contributed by atoms with E-state index in [0.717, 1.165) is 0 Å². The van der Waals surface area contributed by atoms with E-state index in [9.17, 15) is 9.59 Å². The van der Waals surface area contributed by atoms with Gasteiger partial charge < -0.3 is 9.47 Å². The summed E-state index contributed by atoms with van der Waals surface area (Å²) in [7, 11) is 0. The zero-order chi connectivity index (χ0) is 17.8. The van der Waals surface area contributed by atoms with Crippen LogP contribution in [0.5, 0.6) is 0 Å². The van der Waals surface area contributed by atoms with E-state index >= 15 is 0 Å². The van der Waals surface area contributed by atoms with Crippen LogP contribution >= 0.6 is 12.1 Å². The minimum atomic E-state index is -0.179. The Bertz CT molecular complexity index is 319. The molecule has 0 aromatic rings. The molecule has 0 rings (SSSR count). The summed E-state index contributed by atoms with van der Waals surface area (Å²) in [5.41, 5.74) is 0. The number of carbonyl (C=O) groups is 2. The highest BCUT2D eigenvalue weighted by Crippen LogP contribution is 2.23. The van der Waals surface area contributed by atoms with Crippen molar-refractivity contribution < 1.29 is 19.1 Å². The van der Waals surface area contributed by atoms with Gasteiger partial charge in [0, 0.05) is 37.3 Å². The third kappa shape index (κ3) is 10.6. The largest absolute Gasteiger partial charge is 0.466 e. The second-order valence-electron chi connectivity index (χ2n) is 5.66. The van der Waals surface area contributed by atoms with Crippen LogP contribution < -0.4 is 0 Å². The summed E-state index contributed by atoms with van der Waals surface area (Å²) in [5, 5.41) is 0. The molecule has 0 spiro atoms. The van der Waals surface area contributed by atoms with Crippen LogP contribution in [0.4, 0.5) is 0 Å². The van der Waals surface area contributed by atoms with Crippen LogP contribution in [0.25, 0.3) is 0 Å². The molecule has 0 amide bonds. The van der Waals surface area contributed by atoms with Gasteiger partial charge in [-0.25, -0.2) is 8.61 Å². The van der Waals surface area contributed by atoms with Crippen LogP contribution in [0.15, 0.2) is 0 Å². The first-order valence-corrected chi connectivity index (χ1v) is 9.07. The Balaban J connectivity index is 4.52. The number of hydrogen-bond donors (Lipinski definition) is 0. The van der Waals surface area contributed by atoms with Crippen molar-refractivity contribution in [3.8, 4) is 0 Å². The van der Waals surface area contributed by atoms with Crippen LogP contribution in [0.3, 0.4) is 0 Å². The Labute approximate surface area is 145 Å². The molecule has 136 valence electrons. The molecule has 0 aromatic heterocycles. The summed E-state index contributed by atoms with van der Waals surface area (Å²) < 4.78 is 14.2. The predicted octanol–water partition coefficient (Wildman–Crippen LogP) is 2.88. The fourth-order valence-electron chi connectivity index (χ4n) is 1.79. The Morgan fingerprint density at radius 1 is 0.826 bits per heavy atom. The highest BCUT2D eigenvalue weighted by Gasteiger charge is 2.20. The van der Waals surface area contributed by atoms with Crippen LogP contribution in [0.2, 0.25) is 0 Å². The van der Waals surface area contributed by atoms with Gasteiger partial charge in [0.15, 0.2) is 0 Å². The average molecular weight is 349 g/mol. The lowest BCUT2D eigenvalue weighted by Gasteiger charge is -2.33. The molecule has 0 saturated carbocycles. The molecule has 6 nitrogen and oxygen atoms in total. The van der Waals surface area contributed by atoms with Gasteiger partial charge in [-0.1, -0.05) is 0 Å². The van der Waals surface area contributed by atoms with Crippen molar-refractivity contribution in [2.45, 2.75) is 66.5 Å². The lowest BCUT2D eigenvalue weighted by atomic mass is 10.3. The van der Waals surface area contributed by atoms with Crippen molar-refractivity contribution in [1.29, 1.82) is 0 Å². The van der Waals surface area contributed by atoms with Crippen LogP contribution in [-0.4, -0.2) is 58.9 Å². The first kappa shape index (κ1) is 22.2. The third-order valence-corrected chi connectivity index (χ3v) is 4.67. The quantitative estimate of drug-likeness (QED) is 0.397. The molecule has 0 saturated heterocycles. The number of rotatable bonds is 12. The van der Waals surface area contributed by atoms with Crippen LogP contribution in [-0.2, 0) is 19.1 Å². The fraction of sp³-hybridized carbons (Fsp3) is 0.875. The lowest BCUT2D eigenvalue weighted by molar-refractivity contribution is -0.144. The lowest BCUT2D eigenvalue weighted by Crippen LogP contribution is -2.36. The van der Waals surface area contributed by atoms with Gasteiger partial charge >= 0.3 is 11.9 Å². The first-order chi connectivity index (χ1) is 10.8. The maximum atomic E-state index is 11.5. The molecule has 0 aliphatic heterocycles. The summed E-state index contributed by atoms with van der Waals surface area (Å²) in [6.45, 7) is 14.0. The molecule has 0 aliphatic carbocycles. The Morgan fingerprint density at radius 2 is 1.17 bits per heavy atom. The summed E-state index contributed by atoms with van der Waals surface area (Å²) >= 11 is 1.58. The number of nitrogens with zero attached hydrogens (tertiary/aromatic N) is 2. The van der Waals surface area contributed by atoms with Gasteiger partial charge in [0.25, 0.3) is 0 Å². The maximum Gasteiger partial charge on any atom is 0.307 e. The highest BCUT2D eigenvalue weighted by molar-refractivity contribution is 7.94. The number of carbonyl (C=O) groups excluding carboxylic acids is 2. The standard InChI is InChI=1S/C16H32N2O4S/c1-7-21-15(19)9-11-17(13(3)4)23-18(14(5)6)12-10-16(20)22-8-2/h13-14H,7-12H2,1-6H3. The van der Waals surface area contributed by atoms with E-state index in [0.29, 0.717) is 39.1 Å². The zero-order valence-electron chi connectivity index (χ0n) is 15.3. The van der Waals surface area contributed by atoms with Gasteiger partial charge in [-0.05, 0) is 41.5 Å². The fourth-order valence-corrected chi connectivity index (χ4v) is 2.78. The molecular weight excluding hydrogens is 316 g/mol. The first-order valence-electron chi connectivity index (χ1n) is 8.34. The molecule has 0 bridgehead atoms. The van der Waals surface area contributed by atoms with Crippen molar-refractivity contribution in [3.05, 3.63) is 0 Å². The topological polar surface area (TPSA) is 59.1 Å². The molecule has 0 fully saturated rings. The Kier molecular flexibility index (Phi) is 12.2. The smallest absolute Gasteiger partial charge is 0.307 e. The van der Waals surface area contributed by atoms with E-state index in [1.165, 1.54) is 0 Å². The van der Waals surface area contributed by atoms with Crippen molar-refractivity contribution in [2.75, 3.05) is 26.3 Å². The van der Waals surface area contributed by atoms with Gasteiger partial charge in [-0.2, -0.15) is 0 Å². The van der Waals surface area contributed by atoms with E-state index in [2.05, 4.69) is 36.3 Å². The molecule has 0 radical (unpaired) electrons. The maximum absolute atomic E-state index is 11.5. The molecule has 0 unspecified atom stereocenters. The molecular formula is C16H32N2O4S. The third-order valence-electron chi connectivity index (χ3n) is 3.04. The number of esters is 2. The highest BCUT2D eigenvalue weighted by atomic mass is 32.2. The van der Waals surface area contributed by atoms with Crippen LogP contribution in [0.1, 0.15) is 54.4 Å². The second-order valence-corrected chi connectivity index (χ2v) is 6.76. The molecule has 0 aromatic carbocycles. The SMILES string of the molecule is CCOC(=O)CCN(SN(CCC(=O)OCC)C(C)C)C(C)C. The molecule has 0 heterocycles. The summed E-state index contributed by atoms with van der Waals surface area (Å²) in [5.74, 6) is -0.359.